The molecule has 7 heteroatoms. The zero-order valence-corrected chi connectivity index (χ0v) is 18.1. The molecule has 30 heavy (non-hydrogen) atoms. The number of hydrogen-bond donors (Lipinski definition) is 1. The fourth-order valence-corrected chi connectivity index (χ4v) is 4.74. The molecule has 1 N–H and O–H groups in total. The number of amides is 2. The lowest BCUT2D eigenvalue weighted by Gasteiger charge is -2.40. The Balaban J connectivity index is 1.37. The van der Waals surface area contributed by atoms with Crippen molar-refractivity contribution in [2.24, 2.45) is 17.3 Å². The summed E-state index contributed by atoms with van der Waals surface area (Å²) in [6.45, 7) is 9.38. The lowest BCUT2D eigenvalue weighted by atomic mass is 9.78. The molecule has 4 rings (SSSR count). The van der Waals surface area contributed by atoms with Crippen molar-refractivity contribution in [1.29, 1.82) is 0 Å². The normalized spacial score (nSPS) is 26.6. The van der Waals surface area contributed by atoms with Crippen LogP contribution < -0.4 is 19.7 Å². The molecule has 1 aromatic carbocycles. The Kier molecular flexibility index (Phi) is 5.91. The van der Waals surface area contributed by atoms with Crippen LogP contribution in [0.3, 0.4) is 0 Å². The Labute approximate surface area is 178 Å². The van der Waals surface area contributed by atoms with Gasteiger partial charge in [-0.2, -0.15) is 0 Å². The topological polar surface area (TPSA) is 77.1 Å². The van der Waals surface area contributed by atoms with Gasteiger partial charge in [0.1, 0.15) is 19.1 Å². The second-order valence-electron chi connectivity index (χ2n) is 9.46. The highest BCUT2D eigenvalue weighted by atomic mass is 16.6. The van der Waals surface area contributed by atoms with Crippen molar-refractivity contribution in [3.05, 3.63) is 18.2 Å². The average Bonchev–Trinajstić information content (AvgIpc) is 3.12. The van der Waals surface area contributed by atoms with Crippen LogP contribution in [0.4, 0.5) is 5.69 Å². The van der Waals surface area contributed by atoms with Gasteiger partial charge in [-0.3, -0.25) is 9.59 Å². The van der Waals surface area contributed by atoms with Crippen LogP contribution >= 0.6 is 0 Å². The van der Waals surface area contributed by atoms with Gasteiger partial charge in [0.15, 0.2) is 11.5 Å². The van der Waals surface area contributed by atoms with Gasteiger partial charge in [-0.25, -0.2) is 0 Å². The van der Waals surface area contributed by atoms with E-state index in [1.54, 1.807) is 4.90 Å². The molecule has 3 aliphatic heterocycles. The molecule has 3 atom stereocenters. The van der Waals surface area contributed by atoms with Gasteiger partial charge in [0.25, 0.3) is 0 Å². The molecule has 3 heterocycles. The third-order valence-electron chi connectivity index (χ3n) is 6.20. The van der Waals surface area contributed by atoms with Crippen molar-refractivity contribution in [3.63, 3.8) is 0 Å². The Bertz CT molecular complexity index is 803. The number of nitrogens with one attached hydrogen (secondary N) is 1. The zero-order valence-electron chi connectivity index (χ0n) is 18.1. The summed E-state index contributed by atoms with van der Waals surface area (Å²) in [6, 6.07) is 5.49. The minimum Gasteiger partial charge on any atom is -0.486 e. The van der Waals surface area contributed by atoms with E-state index in [0.29, 0.717) is 44.2 Å². The number of anilines is 1. The Morgan fingerprint density at radius 2 is 1.90 bits per heavy atom. The number of rotatable bonds is 4. The van der Waals surface area contributed by atoms with E-state index < -0.39 is 5.92 Å². The number of nitrogens with zero attached hydrogens (tertiary/aromatic N) is 1. The predicted octanol–water partition coefficient (Wildman–Crippen LogP) is 2.77. The van der Waals surface area contributed by atoms with Crippen molar-refractivity contribution >= 4 is 17.5 Å². The molecule has 2 amide bonds. The van der Waals surface area contributed by atoms with E-state index in [1.807, 2.05) is 18.2 Å². The number of ether oxygens (including phenoxy) is 3. The largest absolute Gasteiger partial charge is 0.486 e. The lowest BCUT2D eigenvalue weighted by Crippen LogP contribution is -2.46. The third-order valence-corrected chi connectivity index (χ3v) is 6.20. The molecule has 0 saturated carbocycles. The van der Waals surface area contributed by atoms with Gasteiger partial charge >= 0.3 is 0 Å². The molecule has 7 nitrogen and oxygen atoms in total. The van der Waals surface area contributed by atoms with Crippen LogP contribution in [0.25, 0.3) is 0 Å². The number of carbonyl (C=O) groups excluding carboxylic acids is 2. The molecule has 0 spiro atoms. The highest BCUT2D eigenvalue weighted by Gasteiger charge is 2.39. The minimum absolute atomic E-state index is 0.0219. The summed E-state index contributed by atoms with van der Waals surface area (Å²) in [5.74, 6) is 0.623. The number of hydrogen-bond acceptors (Lipinski definition) is 5. The molecule has 1 aromatic rings. The van der Waals surface area contributed by atoms with Crippen LogP contribution in [-0.2, 0) is 14.3 Å². The highest BCUT2D eigenvalue weighted by Crippen LogP contribution is 2.36. The first kappa shape index (κ1) is 21.0. The molecule has 3 unspecified atom stereocenters. The average molecular weight is 417 g/mol. The first-order valence-electron chi connectivity index (χ1n) is 10.9. The number of carbonyl (C=O) groups is 2. The Hall–Kier alpha value is -2.28. The van der Waals surface area contributed by atoms with E-state index >= 15 is 0 Å². The summed E-state index contributed by atoms with van der Waals surface area (Å²) in [5, 5.41) is 3.04. The molecule has 0 bridgehead atoms. The van der Waals surface area contributed by atoms with Crippen LogP contribution in [0.2, 0.25) is 0 Å². The summed E-state index contributed by atoms with van der Waals surface area (Å²) >= 11 is 0. The standard InChI is InChI=1S/C23H32N2O5/c1-23(2,3)20-15(5-4-10-30-20)14-24-21(26)17-8-9-25(22(17)27)16-6-7-18-19(13-16)29-12-11-28-18/h6-7,13,15,17,20H,4-5,8-12,14H2,1-3H3,(H,24,26). The third kappa shape index (κ3) is 4.26. The van der Waals surface area contributed by atoms with Crippen LogP contribution in [0.1, 0.15) is 40.0 Å². The molecule has 164 valence electrons. The second-order valence-corrected chi connectivity index (χ2v) is 9.46. The SMILES string of the molecule is CC(C)(C)C1OCCCC1CNC(=O)C1CCN(c2ccc3c(c2)OCCO3)C1=O. The molecule has 0 aliphatic carbocycles. The van der Waals surface area contributed by atoms with Gasteiger partial charge in [-0.1, -0.05) is 20.8 Å². The van der Waals surface area contributed by atoms with E-state index in [9.17, 15) is 9.59 Å². The summed E-state index contributed by atoms with van der Waals surface area (Å²) in [5.41, 5.74) is 0.765. The predicted molar refractivity (Wildman–Crippen MR) is 113 cm³/mol. The highest BCUT2D eigenvalue weighted by molar-refractivity contribution is 6.09. The second kappa shape index (κ2) is 8.46. The number of benzene rings is 1. The summed E-state index contributed by atoms with van der Waals surface area (Å²) in [6.07, 6.45) is 2.67. The monoisotopic (exact) mass is 416 g/mol. The molecule has 0 radical (unpaired) electrons. The van der Waals surface area contributed by atoms with Crippen molar-refractivity contribution in [3.8, 4) is 11.5 Å². The van der Waals surface area contributed by atoms with E-state index in [4.69, 9.17) is 14.2 Å². The van der Waals surface area contributed by atoms with Crippen molar-refractivity contribution < 1.29 is 23.8 Å². The van der Waals surface area contributed by atoms with Crippen LogP contribution in [0.15, 0.2) is 18.2 Å². The summed E-state index contributed by atoms with van der Waals surface area (Å²) in [7, 11) is 0. The van der Waals surface area contributed by atoms with Crippen molar-refractivity contribution in [1.82, 2.24) is 5.32 Å². The molecule has 3 aliphatic rings. The van der Waals surface area contributed by atoms with Crippen LogP contribution in [-0.4, -0.2) is 50.8 Å². The Morgan fingerprint density at radius 1 is 1.13 bits per heavy atom. The van der Waals surface area contributed by atoms with Gasteiger partial charge in [0, 0.05) is 37.4 Å². The number of fused-ring (bicyclic) bond motifs is 1. The van der Waals surface area contributed by atoms with E-state index in [0.717, 1.165) is 25.1 Å². The maximum atomic E-state index is 13.0. The maximum Gasteiger partial charge on any atom is 0.239 e. The first-order valence-corrected chi connectivity index (χ1v) is 10.9. The van der Waals surface area contributed by atoms with Gasteiger partial charge < -0.3 is 24.4 Å². The lowest BCUT2D eigenvalue weighted by molar-refractivity contribution is -0.133. The minimum atomic E-state index is -0.643. The molecule has 2 saturated heterocycles. The zero-order chi connectivity index (χ0) is 21.3. The van der Waals surface area contributed by atoms with Gasteiger partial charge in [0.2, 0.25) is 11.8 Å². The molecular formula is C23H32N2O5. The van der Waals surface area contributed by atoms with Crippen molar-refractivity contribution in [2.45, 2.75) is 46.1 Å². The van der Waals surface area contributed by atoms with Crippen molar-refractivity contribution in [2.75, 3.05) is 37.8 Å². The van der Waals surface area contributed by atoms with E-state index in [-0.39, 0.29) is 29.3 Å². The fourth-order valence-electron chi connectivity index (χ4n) is 4.74. The Morgan fingerprint density at radius 3 is 2.67 bits per heavy atom. The van der Waals surface area contributed by atoms with Gasteiger partial charge in [-0.05, 0) is 36.8 Å². The van der Waals surface area contributed by atoms with Crippen LogP contribution in [0.5, 0.6) is 11.5 Å². The summed E-state index contributed by atoms with van der Waals surface area (Å²) in [4.78, 5) is 27.4. The quantitative estimate of drug-likeness (QED) is 0.764. The molecule has 2 fully saturated rings. The van der Waals surface area contributed by atoms with E-state index in [2.05, 4.69) is 26.1 Å². The summed E-state index contributed by atoms with van der Waals surface area (Å²) < 4.78 is 17.2. The van der Waals surface area contributed by atoms with E-state index in [1.165, 1.54) is 0 Å². The van der Waals surface area contributed by atoms with Crippen LogP contribution in [0, 0.1) is 17.3 Å². The first-order chi connectivity index (χ1) is 14.3. The van der Waals surface area contributed by atoms with Gasteiger partial charge in [-0.15, -0.1) is 0 Å². The molecular weight excluding hydrogens is 384 g/mol. The fraction of sp³-hybridized carbons (Fsp3) is 0.652. The van der Waals surface area contributed by atoms with Gasteiger partial charge in [0.05, 0.1) is 6.10 Å². The molecule has 0 aromatic heterocycles. The maximum absolute atomic E-state index is 13.0. The smallest absolute Gasteiger partial charge is 0.239 e.